The molecule has 0 radical (unpaired) electrons. The molecule has 2 aromatic rings. The van der Waals surface area contributed by atoms with Gasteiger partial charge in [0.05, 0.1) is 12.7 Å². The summed E-state index contributed by atoms with van der Waals surface area (Å²) in [6, 6.07) is 11.5. The first kappa shape index (κ1) is 18.2. The van der Waals surface area contributed by atoms with Crippen molar-refractivity contribution in [3.05, 3.63) is 59.2 Å². The lowest BCUT2D eigenvalue weighted by molar-refractivity contribution is -0.115. The Hall–Kier alpha value is -3.15. The van der Waals surface area contributed by atoms with Gasteiger partial charge in [0.25, 0.3) is 5.91 Å². The van der Waals surface area contributed by atoms with Gasteiger partial charge in [0.1, 0.15) is 0 Å². The minimum Gasteiger partial charge on any atom is -0.465 e. The molecule has 0 unspecified atom stereocenters. The van der Waals surface area contributed by atoms with E-state index >= 15 is 0 Å². The summed E-state index contributed by atoms with van der Waals surface area (Å²) in [5.41, 5.74) is 2.89. The zero-order valence-electron chi connectivity index (χ0n) is 14.4. The fourth-order valence-electron chi connectivity index (χ4n) is 2.20. The third-order valence-electron chi connectivity index (χ3n) is 3.65. The molecule has 0 saturated heterocycles. The highest BCUT2D eigenvalue weighted by molar-refractivity contribution is 6.05. The van der Waals surface area contributed by atoms with Gasteiger partial charge in [-0.2, -0.15) is 0 Å². The van der Waals surface area contributed by atoms with Crippen LogP contribution >= 0.6 is 0 Å². The van der Waals surface area contributed by atoms with Crippen molar-refractivity contribution in [3.8, 4) is 0 Å². The van der Waals surface area contributed by atoms with Gasteiger partial charge >= 0.3 is 5.97 Å². The van der Waals surface area contributed by atoms with Crippen LogP contribution in [-0.4, -0.2) is 24.9 Å². The highest BCUT2D eigenvalue weighted by Crippen LogP contribution is 2.19. The fraction of sp³-hybridized carbons (Fsp3) is 0.211. The molecule has 0 aliphatic heterocycles. The minimum atomic E-state index is -0.425. The maximum atomic E-state index is 12.3. The summed E-state index contributed by atoms with van der Waals surface area (Å²) >= 11 is 0. The van der Waals surface area contributed by atoms with E-state index in [0.29, 0.717) is 28.9 Å². The lowest BCUT2D eigenvalue weighted by Crippen LogP contribution is -2.14. The van der Waals surface area contributed by atoms with Crippen molar-refractivity contribution in [3.63, 3.8) is 0 Å². The predicted octanol–water partition coefficient (Wildman–Crippen LogP) is 3.38. The van der Waals surface area contributed by atoms with Gasteiger partial charge in [-0.3, -0.25) is 9.59 Å². The van der Waals surface area contributed by atoms with Crippen molar-refractivity contribution in [2.45, 2.75) is 20.3 Å². The summed E-state index contributed by atoms with van der Waals surface area (Å²) in [6.07, 6.45) is 0.392. The molecular weight excluding hydrogens is 320 g/mol. The first-order chi connectivity index (χ1) is 11.9. The molecule has 25 heavy (non-hydrogen) atoms. The molecule has 0 heterocycles. The van der Waals surface area contributed by atoms with Gasteiger partial charge in [-0.05, 0) is 55.0 Å². The van der Waals surface area contributed by atoms with Crippen molar-refractivity contribution in [2.75, 3.05) is 17.7 Å². The van der Waals surface area contributed by atoms with E-state index in [1.807, 2.05) is 0 Å². The Morgan fingerprint density at radius 3 is 2.16 bits per heavy atom. The number of carbonyl (C=O) groups is 3. The number of carbonyl (C=O) groups excluding carboxylic acids is 3. The number of ether oxygens (including phenoxy) is 1. The van der Waals surface area contributed by atoms with E-state index < -0.39 is 5.97 Å². The molecule has 0 fully saturated rings. The molecule has 6 nitrogen and oxygen atoms in total. The third kappa shape index (κ3) is 4.67. The SMILES string of the molecule is CCC(=O)Nc1ccc(C(=O)Nc2ccc(C(=O)OC)cc2C)cc1. The molecule has 0 aliphatic rings. The Bertz CT molecular complexity index is 798. The van der Waals surface area contributed by atoms with Crippen molar-refractivity contribution in [1.29, 1.82) is 0 Å². The van der Waals surface area contributed by atoms with Crippen molar-refractivity contribution in [2.24, 2.45) is 0 Å². The molecule has 0 atom stereocenters. The van der Waals surface area contributed by atoms with E-state index in [9.17, 15) is 14.4 Å². The van der Waals surface area contributed by atoms with Crippen molar-refractivity contribution in [1.82, 2.24) is 0 Å². The molecule has 130 valence electrons. The van der Waals surface area contributed by atoms with Crippen LogP contribution in [-0.2, 0) is 9.53 Å². The second kappa shape index (κ2) is 8.10. The predicted molar refractivity (Wildman–Crippen MR) is 95.8 cm³/mol. The number of amides is 2. The number of hydrogen-bond donors (Lipinski definition) is 2. The van der Waals surface area contributed by atoms with Crippen LogP contribution in [0.25, 0.3) is 0 Å². The zero-order valence-corrected chi connectivity index (χ0v) is 14.4. The normalized spacial score (nSPS) is 10.0. The van der Waals surface area contributed by atoms with Gasteiger partial charge in [0.2, 0.25) is 5.91 Å². The fourth-order valence-corrected chi connectivity index (χ4v) is 2.20. The molecular formula is C19H20N2O4. The Kier molecular flexibility index (Phi) is 5.89. The summed E-state index contributed by atoms with van der Waals surface area (Å²) in [7, 11) is 1.32. The average molecular weight is 340 g/mol. The van der Waals surface area contributed by atoms with Crippen LogP contribution in [0, 0.1) is 6.92 Å². The molecule has 2 amide bonds. The zero-order chi connectivity index (χ0) is 18.4. The van der Waals surface area contributed by atoms with Gasteiger partial charge in [-0.1, -0.05) is 6.92 Å². The van der Waals surface area contributed by atoms with Crippen molar-refractivity contribution >= 4 is 29.2 Å². The Balaban J connectivity index is 2.09. The molecule has 0 spiro atoms. The molecule has 2 aromatic carbocycles. The first-order valence-electron chi connectivity index (χ1n) is 7.84. The molecule has 6 heteroatoms. The standard InChI is InChI=1S/C19H20N2O4/c1-4-17(22)20-15-8-5-13(6-9-15)18(23)21-16-10-7-14(11-12(16)2)19(24)25-3/h5-11H,4H2,1-3H3,(H,20,22)(H,21,23). The van der Waals surface area contributed by atoms with E-state index in [4.69, 9.17) is 0 Å². The summed E-state index contributed by atoms with van der Waals surface area (Å²) in [5.74, 6) is -0.786. The highest BCUT2D eigenvalue weighted by atomic mass is 16.5. The summed E-state index contributed by atoms with van der Waals surface area (Å²) < 4.78 is 4.67. The molecule has 2 rings (SSSR count). The van der Waals surface area contributed by atoms with Gasteiger partial charge in [-0.15, -0.1) is 0 Å². The maximum absolute atomic E-state index is 12.3. The van der Waals surface area contributed by atoms with Gasteiger partial charge < -0.3 is 15.4 Å². The van der Waals surface area contributed by atoms with Gasteiger partial charge in [0.15, 0.2) is 0 Å². The van der Waals surface area contributed by atoms with Gasteiger partial charge in [0, 0.05) is 23.4 Å². The Labute approximate surface area is 146 Å². The third-order valence-corrected chi connectivity index (χ3v) is 3.65. The second-order valence-electron chi connectivity index (χ2n) is 5.45. The molecule has 0 aromatic heterocycles. The van der Waals surface area contributed by atoms with E-state index in [1.165, 1.54) is 7.11 Å². The van der Waals surface area contributed by atoms with Crippen LogP contribution in [0.2, 0.25) is 0 Å². The number of esters is 1. The Morgan fingerprint density at radius 1 is 0.960 bits per heavy atom. The second-order valence-corrected chi connectivity index (χ2v) is 5.45. The minimum absolute atomic E-state index is 0.0847. The lowest BCUT2D eigenvalue weighted by atomic mass is 10.1. The van der Waals surface area contributed by atoms with Crippen LogP contribution < -0.4 is 10.6 Å². The topological polar surface area (TPSA) is 84.5 Å². The van der Waals surface area contributed by atoms with Crippen LogP contribution in [0.3, 0.4) is 0 Å². The van der Waals surface area contributed by atoms with Gasteiger partial charge in [-0.25, -0.2) is 4.79 Å². The van der Waals surface area contributed by atoms with Crippen LogP contribution in [0.4, 0.5) is 11.4 Å². The summed E-state index contributed by atoms with van der Waals surface area (Å²) in [4.78, 5) is 35.2. The largest absolute Gasteiger partial charge is 0.465 e. The van der Waals surface area contributed by atoms with Crippen molar-refractivity contribution < 1.29 is 19.1 Å². The quantitative estimate of drug-likeness (QED) is 0.817. The van der Waals surface area contributed by atoms with E-state index in [-0.39, 0.29) is 11.8 Å². The van der Waals surface area contributed by atoms with Crippen LogP contribution in [0.1, 0.15) is 39.6 Å². The maximum Gasteiger partial charge on any atom is 0.337 e. The monoisotopic (exact) mass is 340 g/mol. The van der Waals surface area contributed by atoms with Crippen LogP contribution in [0.15, 0.2) is 42.5 Å². The number of benzene rings is 2. The van der Waals surface area contributed by atoms with E-state index in [0.717, 1.165) is 5.56 Å². The molecule has 0 aliphatic carbocycles. The number of rotatable bonds is 5. The smallest absolute Gasteiger partial charge is 0.337 e. The lowest BCUT2D eigenvalue weighted by Gasteiger charge is -2.10. The molecule has 0 bridgehead atoms. The highest BCUT2D eigenvalue weighted by Gasteiger charge is 2.11. The average Bonchev–Trinajstić information content (AvgIpc) is 2.63. The number of aryl methyl sites for hydroxylation is 1. The summed E-state index contributed by atoms with van der Waals surface area (Å²) in [5, 5.41) is 5.53. The number of hydrogen-bond acceptors (Lipinski definition) is 4. The molecule has 0 saturated carbocycles. The number of methoxy groups -OCH3 is 1. The number of anilines is 2. The first-order valence-corrected chi connectivity index (χ1v) is 7.84. The Morgan fingerprint density at radius 2 is 1.60 bits per heavy atom. The summed E-state index contributed by atoms with van der Waals surface area (Å²) in [6.45, 7) is 3.57. The van der Waals surface area contributed by atoms with E-state index in [2.05, 4.69) is 15.4 Å². The number of nitrogens with one attached hydrogen (secondary N) is 2. The van der Waals surface area contributed by atoms with E-state index in [1.54, 1.807) is 56.3 Å². The van der Waals surface area contributed by atoms with Crippen LogP contribution in [0.5, 0.6) is 0 Å². The molecule has 2 N–H and O–H groups in total.